The number of carboxylic acids is 1. The summed E-state index contributed by atoms with van der Waals surface area (Å²) in [6.45, 7) is 1.68. The van der Waals surface area contributed by atoms with E-state index in [9.17, 15) is 14.7 Å². The van der Waals surface area contributed by atoms with E-state index in [2.05, 4.69) is 10.2 Å². The molecule has 0 radical (unpaired) electrons. The highest BCUT2D eigenvalue weighted by Crippen LogP contribution is 2.40. The number of rotatable bonds is 4. The molecular formula is C11H12N4O4S2. The first-order valence-electron chi connectivity index (χ1n) is 6.07. The van der Waals surface area contributed by atoms with E-state index >= 15 is 0 Å². The van der Waals surface area contributed by atoms with Crippen molar-refractivity contribution in [1.29, 1.82) is 0 Å². The van der Waals surface area contributed by atoms with Crippen LogP contribution in [0.25, 0.3) is 0 Å². The van der Waals surface area contributed by atoms with Crippen LogP contribution < -0.4 is 5.73 Å². The monoisotopic (exact) mass is 328 g/mol. The molecule has 1 amide bonds. The van der Waals surface area contributed by atoms with Crippen LogP contribution in [0.3, 0.4) is 0 Å². The molecule has 112 valence electrons. The number of fused-ring (bicyclic) bond motifs is 1. The minimum atomic E-state index is -1.11. The van der Waals surface area contributed by atoms with E-state index in [4.69, 9.17) is 10.2 Å². The normalized spacial score (nSPS) is 24.9. The maximum absolute atomic E-state index is 11.8. The molecule has 2 aliphatic rings. The van der Waals surface area contributed by atoms with Gasteiger partial charge in [-0.1, -0.05) is 11.8 Å². The zero-order chi connectivity index (χ0) is 15.1. The van der Waals surface area contributed by atoms with Crippen LogP contribution in [0, 0.1) is 6.92 Å². The molecule has 0 saturated carbocycles. The molecule has 2 atom stereocenters. The largest absolute Gasteiger partial charge is 0.477 e. The number of hydrogen-bond donors (Lipinski definition) is 2. The lowest BCUT2D eigenvalue weighted by atomic mass is 10.0. The highest BCUT2D eigenvalue weighted by Gasteiger charge is 2.51. The second-order valence-corrected chi connectivity index (χ2v) is 6.60. The molecule has 8 nitrogen and oxygen atoms in total. The molecule has 0 aliphatic carbocycles. The van der Waals surface area contributed by atoms with E-state index in [0.29, 0.717) is 28.2 Å². The molecular weight excluding hydrogens is 316 g/mol. The van der Waals surface area contributed by atoms with E-state index in [1.54, 1.807) is 6.92 Å². The molecule has 21 heavy (non-hydrogen) atoms. The van der Waals surface area contributed by atoms with Crippen molar-refractivity contribution < 1.29 is 19.1 Å². The maximum atomic E-state index is 11.8. The van der Waals surface area contributed by atoms with Crippen LogP contribution in [0.15, 0.2) is 20.9 Å². The minimum Gasteiger partial charge on any atom is -0.477 e. The van der Waals surface area contributed by atoms with Crippen LogP contribution in [0.5, 0.6) is 0 Å². The fourth-order valence-electron chi connectivity index (χ4n) is 2.18. The number of carboxylic acid groups (broad SMARTS) is 1. The highest BCUT2D eigenvalue weighted by molar-refractivity contribution is 8.01. The van der Waals surface area contributed by atoms with Gasteiger partial charge < -0.3 is 15.3 Å². The van der Waals surface area contributed by atoms with Crippen LogP contribution >= 0.6 is 23.5 Å². The van der Waals surface area contributed by atoms with E-state index in [0.717, 1.165) is 0 Å². The van der Waals surface area contributed by atoms with Crippen LogP contribution in [0.2, 0.25) is 0 Å². The first kappa shape index (κ1) is 14.4. The van der Waals surface area contributed by atoms with Gasteiger partial charge in [0, 0.05) is 18.4 Å². The number of nitrogens with zero attached hydrogens (tertiary/aromatic N) is 3. The summed E-state index contributed by atoms with van der Waals surface area (Å²) in [5.74, 6) is -0.114. The average molecular weight is 328 g/mol. The summed E-state index contributed by atoms with van der Waals surface area (Å²) < 4.78 is 5.23. The number of nitrogens with two attached hydrogens (primary N) is 1. The molecule has 10 heteroatoms. The van der Waals surface area contributed by atoms with Gasteiger partial charge >= 0.3 is 5.97 Å². The topological polar surface area (TPSA) is 123 Å². The Hall–Kier alpha value is -1.52. The third-order valence-electron chi connectivity index (χ3n) is 3.17. The van der Waals surface area contributed by atoms with Crippen molar-refractivity contribution in [2.75, 3.05) is 11.5 Å². The van der Waals surface area contributed by atoms with E-state index in [-0.39, 0.29) is 17.0 Å². The molecule has 0 aromatic carbocycles. The summed E-state index contributed by atoms with van der Waals surface area (Å²) in [7, 11) is 0. The predicted octanol–water partition coefficient (Wildman–Crippen LogP) is 0.0512. The zero-order valence-electron chi connectivity index (χ0n) is 11.0. The van der Waals surface area contributed by atoms with Gasteiger partial charge in [-0.2, -0.15) is 0 Å². The second-order valence-electron chi connectivity index (χ2n) is 4.57. The summed E-state index contributed by atoms with van der Waals surface area (Å²) in [5, 5.41) is 17.0. The summed E-state index contributed by atoms with van der Waals surface area (Å²) in [6, 6.07) is -0.614. The SMILES string of the molecule is Cc1nnc(SCC2=C(C(=O)O)N3C(=O)C(N)C3SC2)o1. The molecule has 3 rings (SSSR count). The van der Waals surface area contributed by atoms with Crippen molar-refractivity contribution in [3.63, 3.8) is 0 Å². The van der Waals surface area contributed by atoms with Crippen molar-refractivity contribution in [2.45, 2.75) is 23.6 Å². The minimum absolute atomic E-state index is 0.0363. The molecule has 2 aliphatic heterocycles. The van der Waals surface area contributed by atoms with Gasteiger partial charge in [0.1, 0.15) is 17.1 Å². The van der Waals surface area contributed by atoms with Crippen LogP contribution in [0.1, 0.15) is 5.89 Å². The first-order chi connectivity index (χ1) is 9.99. The van der Waals surface area contributed by atoms with Gasteiger partial charge in [0.05, 0.1) is 0 Å². The van der Waals surface area contributed by atoms with Crippen molar-refractivity contribution in [1.82, 2.24) is 15.1 Å². The quantitative estimate of drug-likeness (QED) is 0.583. The average Bonchev–Trinajstić information content (AvgIpc) is 2.88. The number of carbonyl (C=O) groups is 2. The summed E-state index contributed by atoms with van der Waals surface area (Å²) >= 11 is 2.73. The van der Waals surface area contributed by atoms with E-state index < -0.39 is 12.0 Å². The van der Waals surface area contributed by atoms with Crippen molar-refractivity contribution in [3.05, 3.63) is 17.2 Å². The van der Waals surface area contributed by atoms with Gasteiger partial charge in [-0.15, -0.1) is 22.0 Å². The second kappa shape index (κ2) is 5.35. The third kappa shape index (κ3) is 2.43. The van der Waals surface area contributed by atoms with Crippen LogP contribution in [0.4, 0.5) is 0 Å². The Bertz CT molecular complexity index is 644. The fraction of sp³-hybridized carbons (Fsp3) is 0.455. The number of β-lactam (4-membered cyclic amide) rings is 1. The molecule has 0 bridgehead atoms. The fourth-order valence-corrected chi connectivity index (χ4v) is 4.41. The van der Waals surface area contributed by atoms with Crippen molar-refractivity contribution in [3.8, 4) is 0 Å². The lowest BCUT2D eigenvalue weighted by Gasteiger charge is -2.48. The van der Waals surface area contributed by atoms with Gasteiger partial charge in [0.2, 0.25) is 11.8 Å². The summed E-state index contributed by atoms with van der Waals surface area (Å²) in [4.78, 5) is 24.5. The number of carbonyl (C=O) groups excluding carboxylic acids is 1. The zero-order valence-corrected chi connectivity index (χ0v) is 12.6. The molecule has 2 unspecified atom stereocenters. The Balaban J connectivity index is 1.81. The van der Waals surface area contributed by atoms with Gasteiger partial charge in [0.15, 0.2) is 0 Å². The molecule has 0 spiro atoms. The number of amides is 1. The number of aliphatic carboxylic acids is 1. The van der Waals surface area contributed by atoms with Gasteiger partial charge in [-0.25, -0.2) is 4.79 Å². The maximum Gasteiger partial charge on any atom is 0.352 e. The molecule has 1 aromatic rings. The van der Waals surface area contributed by atoms with Crippen molar-refractivity contribution in [2.24, 2.45) is 5.73 Å². The lowest BCUT2D eigenvalue weighted by Crippen LogP contribution is -2.68. The molecule has 3 N–H and O–H groups in total. The Labute approximate surface area is 128 Å². The number of aromatic nitrogens is 2. The van der Waals surface area contributed by atoms with Gasteiger partial charge in [-0.3, -0.25) is 9.69 Å². The van der Waals surface area contributed by atoms with E-state index in [1.807, 2.05) is 0 Å². The Morgan fingerprint density at radius 1 is 1.62 bits per heavy atom. The molecule has 1 aromatic heterocycles. The first-order valence-corrected chi connectivity index (χ1v) is 8.11. The van der Waals surface area contributed by atoms with Crippen LogP contribution in [-0.4, -0.2) is 55.0 Å². The van der Waals surface area contributed by atoms with Crippen LogP contribution in [-0.2, 0) is 9.59 Å². The predicted molar refractivity (Wildman–Crippen MR) is 75.5 cm³/mol. The van der Waals surface area contributed by atoms with E-state index in [1.165, 1.54) is 28.4 Å². The molecule has 1 saturated heterocycles. The number of aryl methyl sites for hydroxylation is 1. The van der Waals surface area contributed by atoms with Crippen molar-refractivity contribution >= 4 is 35.4 Å². The smallest absolute Gasteiger partial charge is 0.352 e. The third-order valence-corrected chi connectivity index (χ3v) is 5.43. The molecule has 3 heterocycles. The highest BCUT2D eigenvalue weighted by atomic mass is 32.2. The summed E-state index contributed by atoms with van der Waals surface area (Å²) in [6.07, 6.45) is 0. The van der Waals surface area contributed by atoms with Gasteiger partial charge in [-0.05, 0) is 5.57 Å². The van der Waals surface area contributed by atoms with Gasteiger partial charge in [0.25, 0.3) is 5.22 Å². The summed E-state index contributed by atoms with van der Waals surface area (Å²) in [5.41, 5.74) is 6.38. The number of thioether (sulfide) groups is 2. The number of hydrogen-bond acceptors (Lipinski definition) is 8. The Kier molecular flexibility index (Phi) is 3.68. The lowest BCUT2D eigenvalue weighted by molar-refractivity contribution is -0.147. The standard InChI is InChI=1S/C11H12N4O4S2/c1-4-13-14-11(19-4)21-3-5-2-20-9-6(12)8(16)15(9)7(5)10(17)18/h6,9H,2-3,12H2,1H3,(H,17,18). The Morgan fingerprint density at radius 2 is 2.38 bits per heavy atom. The Morgan fingerprint density at radius 3 is 3.00 bits per heavy atom. The molecule has 1 fully saturated rings.